The molecule has 0 saturated heterocycles. The molecule has 0 fully saturated rings. The summed E-state index contributed by atoms with van der Waals surface area (Å²) in [6.45, 7) is 6.31. The molecule has 1 aliphatic rings. The van der Waals surface area contributed by atoms with Crippen LogP contribution >= 0.6 is 11.8 Å². The van der Waals surface area contributed by atoms with Crippen LogP contribution in [-0.2, 0) is 0 Å². The summed E-state index contributed by atoms with van der Waals surface area (Å²) in [4.78, 5) is 13.0. The molecular weight excluding hydrogens is 438 g/mol. The lowest BCUT2D eigenvalue weighted by atomic mass is 10.2. The Morgan fingerprint density at radius 3 is 2.61 bits per heavy atom. The molecule has 1 atom stereocenters. The normalized spacial score (nSPS) is 14.9. The van der Waals surface area contributed by atoms with Crippen molar-refractivity contribution < 1.29 is 18.7 Å². The van der Waals surface area contributed by atoms with Gasteiger partial charge in [0, 0.05) is 22.6 Å². The fourth-order valence-electron chi connectivity index (χ4n) is 3.89. The molecule has 0 aliphatic carbocycles. The van der Waals surface area contributed by atoms with Crippen LogP contribution < -0.4 is 9.47 Å². The van der Waals surface area contributed by atoms with E-state index in [-0.39, 0.29) is 18.1 Å². The van der Waals surface area contributed by atoms with E-state index in [2.05, 4.69) is 46.0 Å². The predicted molar refractivity (Wildman–Crippen MR) is 125 cm³/mol. The Hall–Kier alpha value is -3.52. The maximum Gasteiger partial charge on any atom is 0.277 e. The highest BCUT2D eigenvalue weighted by Crippen LogP contribution is 2.36. The predicted octanol–water partition coefficient (Wildman–Crippen LogP) is 5.27. The maximum atomic E-state index is 13.0. The molecule has 7 nitrogen and oxygen atoms in total. The molecular formula is C25H23N3O4S. The molecule has 1 unspecified atom stereocenters. The number of hydrogen-bond donors (Lipinski definition) is 0. The van der Waals surface area contributed by atoms with Gasteiger partial charge >= 0.3 is 0 Å². The summed E-state index contributed by atoms with van der Waals surface area (Å²) in [5.41, 5.74) is 4.86. The van der Waals surface area contributed by atoms with Gasteiger partial charge in [0.1, 0.15) is 6.61 Å². The van der Waals surface area contributed by atoms with E-state index in [1.54, 1.807) is 0 Å². The Balaban J connectivity index is 1.26. The van der Waals surface area contributed by atoms with E-state index in [1.165, 1.54) is 17.3 Å². The standard InChI is InChI=1S/C25H23N3O4S/c1-15-8-10-18(11-9-15)28-16(2)12-19(17(28)3)20(29)14-33-25-27-26-24(32-25)23-13-30-21-6-4-5-7-22(21)31-23/h4-12,23H,13-14H2,1-3H3. The molecule has 4 aromatic rings. The van der Waals surface area contributed by atoms with Gasteiger partial charge in [0.2, 0.25) is 6.10 Å². The summed E-state index contributed by atoms with van der Waals surface area (Å²) in [6.07, 6.45) is -0.481. The number of thioether (sulfide) groups is 1. The quantitative estimate of drug-likeness (QED) is 0.286. The van der Waals surface area contributed by atoms with E-state index in [9.17, 15) is 4.79 Å². The Kier molecular flexibility index (Phi) is 5.68. The van der Waals surface area contributed by atoms with Gasteiger partial charge in [-0.15, -0.1) is 10.2 Å². The number of ether oxygens (including phenoxy) is 2. The van der Waals surface area contributed by atoms with Crippen LogP contribution in [0.1, 0.15) is 39.3 Å². The van der Waals surface area contributed by atoms with Crippen molar-refractivity contribution in [3.63, 3.8) is 0 Å². The van der Waals surface area contributed by atoms with E-state index in [0.717, 1.165) is 17.1 Å². The molecule has 2 aromatic carbocycles. The minimum Gasteiger partial charge on any atom is -0.485 e. The molecule has 3 heterocycles. The van der Waals surface area contributed by atoms with E-state index in [4.69, 9.17) is 13.9 Å². The lowest BCUT2D eigenvalue weighted by molar-refractivity contribution is 0.0686. The first kappa shape index (κ1) is 21.3. The van der Waals surface area contributed by atoms with Crippen LogP contribution in [0.5, 0.6) is 11.5 Å². The Labute approximate surface area is 195 Å². The van der Waals surface area contributed by atoms with Gasteiger partial charge in [0.05, 0.1) is 5.75 Å². The van der Waals surface area contributed by atoms with Crippen LogP contribution in [-0.4, -0.2) is 32.9 Å². The Bertz CT molecular complexity index is 1310. The van der Waals surface area contributed by atoms with Crippen molar-refractivity contribution in [3.05, 3.63) is 83.0 Å². The van der Waals surface area contributed by atoms with Crippen LogP contribution in [0.25, 0.3) is 5.69 Å². The number of aryl methyl sites for hydroxylation is 2. The summed E-state index contributed by atoms with van der Waals surface area (Å²) in [5.74, 6) is 1.87. The molecule has 8 heteroatoms. The van der Waals surface area contributed by atoms with Crippen molar-refractivity contribution in [2.45, 2.75) is 32.1 Å². The smallest absolute Gasteiger partial charge is 0.277 e. The van der Waals surface area contributed by atoms with Gasteiger partial charge in [-0.3, -0.25) is 4.79 Å². The zero-order valence-electron chi connectivity index (χ0n) is 18.6. The molecule has 0 radical (unpaired) electrons. The number of Topliss-reactive ketones (excluding diaryl/α,β-unsaturated/α-hetero) is 1. The van der Waals surface area contributed by atoms with Gasteiger partial charge in [-0.25, -0.2) is 0 Å². The number of benzene rings is 2. The number of carbonyl (C=O) groups is 1. The molecule has 0 N–H and O–H groups in total. The second kappa shape index (κ2) is 8.78. The summed E-state index contributed by atoms with van der Waals surface area (Å²) >= 11 is 1.22. The number of rotatable bonds is 6. The van der Waals surface area contributed by atoms with Crippen LogP contribution in [0.2, 0.25) is 0 Å². The lowest BCUT2D eigenvalue weighted by Crippen LogP contribution is -2.21. The van der Waals surface area contributed by atoms with Crippen molar-refractivity contribution in [2.24, 2.45) is 0 Å². The zero-order chi connectivity index (χ0) is 22.9. The van der Waals surface area contributed by atoms with Crippen molar-refractivity contribution in [3.8, 4) is 17.2 Å². The third-order valence-electron chi connectivity index (χ3n) is 5.56. The summed E-state index contributed by atoms with van der Waals surface area (Å²) < 4.78 is 19.5. The maximum absolute atomic E-state index is 13.0. The van der Waals surface area contributed by atoms with Gasteiger partial charge in [-0.1, -0.05) is 41.6 Å². The topological polar surface area (TPSA) is 79.4 Å². The Morgan fingerprint density at radius 2 is 1.82 bits per heavy atom. The van der Waals surface area contributed by atoms with Gasteiger partial charge < -0.3 is 18.5 Å². The third kappa shape index (κ3) is 4.26. The number of nitrogens with zero attached hydrogens (tertiary/aromatic N) is 3. The van der Waals surface area contributed by atoms with Crippen molar-refractivity contribution >= 4 is 17.5 Å². The number of aromatic nitrogens is 3. The SMILES string of the molecule is Cc1ccc(-n2c(C)cc(C(=O)CSc3nnc(C4COc5ccccc5O4)o3)c2C)cc1. The van der Waals surface area contributed by atoms with Crippen molar-refractivity contribution in [1.29, 1.82) is 0 Å². The zero-order valence-corrected chi connectivity index (χ0v) is 19.4. The number of para-hydroxylation sites is 2. The number of hydrogen-bond acceptors (Lipinski definition) is 7. The van der Waals surface area contributed by atoms with Gasteiger partial charge in [-0.05, 0) is 51.1 Å². The number of ketones is 1. The summed E-state index contributed by atoms with van der Waals surface area (Å²) in [6, 6.07) is 17.6. The first-order chi connectivity index (χ1) is 16.0. The minimum absolute atomic E-state index is 0.0115. The van der Waals surface area contributed by atoms with Gasteiger partial charge in [-0.2, -0.15) is 0 Å². The van der Waals surface area contributed by atoms with E-state index in [0.29, 0.717) is 28.2 Å². The van der Waals surface area contributed by atoms with Crippen molar-refractivity contribution in [2.75, 3.05) is 12.4 Å². The number of carbonyl (C=O) groups excluding carboxylic acids is 1. The van der Waals surface area contributed by atoms with Gasteiger partial charge in [0.15, 0.2) is 17.3 Å². The molecule has 2 aromatic heterocycles. The van der Waals surface area contributed by atoms with Crippen LogP contribution in [0.4, 0.5) is 0 Å². The average Bonchev–Trinajstić information content (AvgIpc) is 3.42. The molecule has 33 heavy (non-hydrogen) atoms. The molecule has 0 bridgehead atoms. The van der Waals surface area contributed by atoms with E-state index >= 15 is 0 Å². The fraction of sp³-hybridized carbons (Fsp3) is 0.240. The largest absolute Gasteiger partial charge is 0.485 e. The highest BCUT2D eigenvalue weighted by Gasteiger charge is 2.27. The second-order valence-electron chi connectivity index (χ2n) is 7.94. The molecule has 0 spiro atoms. The molecule has 5 rings (SSSR count). The van der Waals surface area contributed by atoms with E-state index in [1.807, 2.05) is 44.2 Å². The third-order valence-corrected chi connectivity index (χ3v) is 6.38. The molecule has 1 aliphatic heterocycles. The fourth-order valence-corrected chi connectivity index (χ4v) is 4.54. The molecule has 168 valence electrons. The number of fused-ring (bicyclic) bond motifs is 1. The van der Waals surface area contributed by atoms with Gasteiger partial charge in [0.25, 0.3) is 11.1 Å². The minimum atomic E-state index is -0.481. The summed E-state index contributed by atoms with van der Waals surface area (Å²) in [5, 5.41) is 8.48. The Morgan fingerprint density at radius 1 is 1.06 bits per heavy atom. The van der Waals surface area contributed by atoms with Crippen LogP contribution in [0.15, 0.2) is 64.2 Å². The van der Waals surface area contributed by atoms with Crippen molar-refractivity contribution in [1.82, 2.24) is 14.8 Å². The second-order valence-corrected chi connectivity index (χ2v) is 8.86. The van der Waals surface area contributed by atoms with Crippen LogP contribution in [0, 0.1) is 20.8 Å². The lowest BCUT2D eigenvalue weighted by Gasteiger charge is -2.23. The monoisotopic (exact) mass is 461 g/mol. The van der Waals surface area contributed by atoms with Crippen LogP contribution in [0.3, 0.4) is 0 Å². The first-order valence-electron chi connectivity index (χ1n) is 10.6. The molecule has 0 amide bonds. The highest BCUT2D eigenvalue weighted by atomic mass is 32.2. The summed E-state index contributed by atoms with van der Waals surface area (Å²) in [7, 11) is 0. The molecule has 0 saturated carbocycles. The first-order valence-corrected chi connectivity index (χ1v) is 11.6. The van der Waals surface area contributed by atoms with E-state index < -0.39 is 6.10 Å². The average molecular weight is 462 g/mol. The highest BCUT2D eigenvalue weighted by molar-refractivity contribution is 7.99.